The van der Waals surface area contributed by atoms with E-state index in [1.54, 1.807) is 0 Å². The van der Waals surface area contributed by atoms with Crippen LogP contribution in [0.25, 0.3) is 16.7 Å². The standard InChI is InChI=1S/C30H33NO3/c1-2-3-9-27-14-15-28(29(31-27)32-22-23-7-5-4-6-8-23)26-12-10-24(11-13-26)25-16-18-30(19-17-25)33-20-21-34-30/h4-8,10-16H,2-3,9,17-22H2,1H3. The molecule has 34 heavy (non-hydrogen) atoms. The van der Waals surface area contributed by atoms with Crippen LogP contribution in [-0.2, 0) is 22.5 Å². The number of aryl methyl sites for hydroxylation is 1. The first-order valence-corrected chi connectivity index (χ1v) is 12.5. The highest BCUT2D eigenvalue weighted by Gasteiger charge is 2.37. The number of unbranched alkanes of at least 4 members (excludes halogenated alkanes) is 1. The zero-order valence-electron chi connectivity index (χ0n) is 20.0. The van der Waals surface area contributed by atoms with Crippen LogP contribution in [0.2, 0.25) is 0 Å². The quantitative estimate of drug-likeness (QED) is 0.367. The molecule has 0 N–H and O–H groups in total. The highest BCUT2D eigenvalue weighted by atomic mass is 16.7. The van der Waals surface area contributed by atoms with Gasteiger partial charge in [0, 0.05) is 24.1 Å². The summed E-state index contributed by atoms with van der Waals surface area (Å²) in [5, 5.41) is 0. The lowest BCUT2D eigenvalue weighted by Crippen LogP contribution is -2.31. The van der Waals surface area contributed by atoms with E-state index >= 15 is 0 Å². The third-order valence-corrected chi connectivity index (χ3v) is 6.74. The molecule has 5 rings (SSSR count). The second-order valence-corrected chi connectivity index (χ2v) is 9.15. The zero-order chi connectivity index (χ0) is 23.2. The van der Waals surface area contributed by atoms with E-state index in [1.165, 1.54) is 11.1 Å². The predicted molar refractivity (Wildman–Crippen MR) is 136 cm³/mol. The minimum absolute atomic E-state index is 0.375. The van der Waals surface area contributed by atoms with Gasteiger partial charge in [-0.1, -0.05) is 74.0 Å². The van der Waals surface area contributed by atoms with Gasteiger partial charge in [0.05, 0.1) is 13.2 Å². The molecular formula is C30H33NO3. The van der Waals surface area contributed by atoms with Crippen LogP contribution in [0, 0.1) is 0 Å². The summed E-state index contributed by atoms with van der Waals surface area (Å²) in [5.74, 6) is 0.333. The van der Waals surface area contributed by atoms with Crippen molar-refractivity contribution in [2.24, 2.45) is 0 Å². The topological polar surface area (TPSA) is 40.6 Å². The molecule has 1 fully saturated rings. The van der Waals surface area contributed by atoms with Crippen molar-refractivity contribution in [3.63, 3.8) is 0 Å². The Hall–Kier alpha value is -2.95. The zero-order valence-corrected chi connectivity index (χ0v) is 20.0. The molecule has 0 bridgehead atoms. The third-order valence-electron chi connectivity index (χ3n) is 6.74. The van der Waals surface area contributed by atoms with Crippen LogP contribution >= 0.6 is 0 Å². The Bertz CT molecular complexity index is 1120. The lowest BCUT2D eigenvalue weighted by molar-refractivity contribution is -0.159. The molecule has 3 aromatic rings. The molecule has 1 aromatic heterocycles. The maximum atomic E-state index is 6.25. The summed E-state index contributed by atoms with van der Waals surface area (Å²) in [7, 11) is 0. The average molecular weight is 456 g/mol. The number of pyridine rings is 1. The Labute approximate surface area is 202 Å². The molecule has 4 heteroatoms. The molecule has 4 nitrogen and oxygen atoms in total. The second kappa shape index (κ2) is 10.5. The molecule has 2 aliphatic rings. The Balaban J connectivity index is 1.36. The number of hydrogen-bond donors (Lipinski definition) is 0. The largest absolute Gasteiger partial charge is 0.472 e. The van der Waals surface area contributed by atoms with E-state index in [-0.39, 0.29) is 5.79 Å². The fraction of sp³-hybridized carbons (Fsp3) is 0.367. The number of ether oxygens (including phenoxy) is 3. The maximum Gasteiger partial charge on any atom is 0.221 e. The molecule has 1 saturated heterocycles. The smallest absolute Gasteiger partial charge is 0.221 e. The normalized spacial score (nSPS) is 17.0. The first-order chi connectivity index (χ1) is 16.7. The summed E-state index contributed by atoms with van der Waals surface area (Å²) in [5.41, 5.74) is 7.01. The third kappa shape index (κ3) is 5.24. The molecular weight excluding hydrogens is 422 g/mol. The predicted octanol–water partition coefficient (Wildman–Crippen LogP) is 6.98. The monoisotopic (exact) mass is 455 g/mol. The summed E-state index contributed by atoms with van der Waals surface area (Å²) in [6.07, 6.45) is 8.25. The van der Waals surface area contributed by atoms with Crippen molar-refractivity contribution in [3.05, 3.63) is 89.6 Å². The molecule has 0 atom stereocenters. The highest BCUT2D eigenvalue weighted by Crippen LogP contribution is 2.39. The molecule has 2 heterocycles. The highest BCUT2D eigenvalue weighted by molar-refractivity contribution is 5.73. The van der Waals surface area contributed by atoms with Gasteiger partial charge in [0.25, 0.3) is 0 Å². The van der Waals surface area contributed by atoms with Gasteiger partial charge in [-0.05, 0) is 53.7 Å². The second-order valence-electron chi connectivity index (χ2n) is 9.15. The number of allylic oxidation sites excluding steroid dienone is 1. The van der Waals surface area contributed by atoms with Crippen LogP contribution in [0.3, 0.4) is 0 Å². The number of aromatic nitrogens is 1. The first-order valence-electron chi connectivity index (χ1n) is 12.5. The van der Waals surface area contributed by atoms with Gasteiger partial charge >= 0.3 is 0 Å². The molecule has 0 radical (unpaired) electrons. The number of benzene rings is 2. The van der Waals surface area contributed by atoms with Crippen molar-refractivity contribution >= 4 is 5.57 Å². The summed E-state index contributed by atoms with van der Waals surface area (Å²) >= 11 is 0. The van der Waals surface area contributed by atoms with Crippen molar-refractivity contribution < 1.29 is 14.2 Å². The van der Waals surface area contributed by atoms with Crippen LogP contribution in [0.15, 0.2) is 72.8 Å². The fourth-order valence-electron chi connectivity index (χ4n) is 4.72. The lowest BCUT2D eigenvalue weighted by Gasteiger charge is -2.30. The van der Waals surface area contributed by atoms with Gasteiger partial charge in [0.15, 0.2) is 5.79 Å². The first kappa shape index (κ1) is 22.8. The molecule has 0 amide bonds. The van der Waals surface area contributed by atoms with Gasteiger partial charge in [-0.15, -0.1) is 0 Å². The molecule has 176 valence electrons. The Kier molecular flexibility index (Phi) is 7.08. The van der Waals surface area contributed by atoms with E-state index in [4.69, 9.17) is 19.2 Å². The minimum atomic E-state index is -0.375. The van der Waals surface area contributed by atoms with Gasteiger partial charge < -0.3 is 14.2 Å². The molecule has 1 aliphatic heterocycles. The molecule has 1 spiro atoms. The fourth-order valence-corrected chi connectivity index (χ4v) is 4.72. The Morgan fingerprint density at radius 1 is 0.912 bits per heavy atom. The number of nitrogens with zero attached hydrogens (tertiary/aromatic N) is 1. The average Bonchev–Trinajstić information content (AvgIpc) is 3.35. The number of rotatable bonds is 8. The molecule has 0 unspecified atom stereocenters. The van der Waals surface area contributed by atoms with Crippen molar-refractivity contribution in [1.82, 2.24) is 4.98 Å². The van der Waals surface area contributed by atoms with E-state index < -0.39 is 0 Å². The summed E-state index contributed by atoms with van der Waals surface area (Å²) in [4.78, 5) is 4.89. The Morgan fingerprint density at radius 3 is 2.38 bits per heavy atom. The lowest BCUT2D eigenvalue weighted by atomic mass is 9.89. The maximum absolute atomic E-state index is 6.25. The van der Waals surface area contributed by atoms with E-state index in [0.717, 1.165) is 60.9 Å². The van der Waals surface area contributed by atoms with Crippen LogP contribution < -0.4 is 4.74 Å². The van der Waals surface area contributed by atoms with Crippen LogP contribution in [-0.4, -0.2) is 24.0 Å². The minimum Gasteiger partial charge on any atom is -0.472 e. The Morgan fingerprint density at radius 2 is 1.68 bits per heavy atom. The van der Waals surface area contributed by atoms with E-state index in [1.807, 2.05) is 18.2 Å². The van der Waals surface area contributed by atoms with Gasteiger partial charge in [-0.2, -0.15) is 0 Å². The van der Waals surface area contributed by atoms with E-state index in [2.05, 4.69) is 61.5 Å². The summed E-state index contributed by atoms with van der Waals surface area (Å²) in [6.45, 7) is 4.13. The summed E-state index contributed by atoms with van der Waals surface area (Å²) in [6, 6.07) is 23.3. The van der Waals surface area contributed by atoms with Gasteiger partial charge in [0.1, 0.15) is 6.61 Å². The van der Waals surface area contributed by atoms with Gasteiger partial charge in [0.2, 0.25) is 5.88 Å². The van der Waals surface area contributed by atoms with Crippen molar-refractivity contribution in [3.8, 4) is 17.0 Å². The number of hydrogen-bond acceptors (Lipinski definition) is 4. The molecule has 1 aliphatic carbocycles. The molecule has 0 saturated carbocycles. The molecule has 2 aromatic carbocycles. The van der Waals surface area contributed by atoms with Crippen LogP contribution in [0.4, 0.5) is 0 Å². The SMILES string of the molecule is CCCCc1ccc(-c2ccc(C3=CCC4(CC3)OCCO4)cc2)c(OCc2ccccc2)n1. The van der Waals surface area contributed by atoms with E-state index in [0.29, 0.717) is 25.7 Å². The van der Waals surface area contributed by atoms with Crippen molar-refractivity contribution in [2.45, 2.75) is 57.8 Å². The van der Waals surface area contributed by atoms with Crippen LogP contribution in [0.1, 0.15) is 55.8 Å². The summed E-state index contributed by atoms with van der Waals surface area (Å²) < 4.78 is 18.0. The van der Waals surface area contributed by atoms with Gasteiger partial charge in [-0.3, -0.25) is 0 Å². The van der Waals surface area contributed by atoms with Crippen molar-refractivity contribution in [1.29, 1.82) is 0 Å². The van der Waals surface area contributed by atoms with Gasteiger partial charge in [-0.25, -0.2) is 4.98 Å². The van der Waals surface area contributed by atoms with Crippen molar-refractivity contribution in [2.75, 3.05) is 13.2 Å². The van der Waals surface area contributed by atoms with E-state index in [9.17, 15) is 0 Å². The van der Waals surface area contributed by atoms with Crippen LogP contribution in [0.5, 0.6) is 5.88 Å².